The van der Waals surface area contributed by atoms with Crippen molar-refractivity contribution in [2.24, 2.45) is 23.7 Å². The molecular weight excluding hydrogens is 466 g/mol. The number of rotatable bonds is 5. The van der Waals surface area contributed by atoms with Crippen molar-refractivity contribution in [1.82, 2.24) is 0 Å². The second-order valence-electron chi connectivity index (χ2n) is 9.26. The zero-order chi connectivity index (χ0) is 25.6. The second kappa shape index (κ2) is 9.03. The number of imide groups is 1. The summed E-state index contributed by atoms with van der Waals surface area (Å²) in [6.07, 6.45) is 4.34. The minimum Gasteiger partial charge on any atom is -0.426 e. The number of hydrogen-bond donors (Lipinski definition) is 0. The van der Waals surface area contributed by atoms with E-state index in [0.29, 0.717) is 17.8 Å². The van der Waals surface area contributed by atoms with Gasteiger partial charge in [0.1, 0.15) is 5.75 Å². The lowest BCUT2D eigenvalue weighted by Gasteiger charge is -2.22. The van der Waals surface area contributed by atoms with Crippen LogP contribution < -0.4 is 14.5 Å². The predicted molar refractivity (Wildman–Crippen MR) is 128 cm³/mol. The Labute approximate surface area is 206 Å². The minimum atomic E-state index is -0.735. The van der Waals surface area contributed by atoms with Crippen molar-refractivity contribution in [3.63, 3.8) is 0 Å². The zero-order valence-electron chi connectivity index (χ0n) is 19.4. The Kier molecular flexibility index (Phi) is 5.87. The van der Waals surface area contributed by atoms with Crippen molar-refractivity contribution in [2.45, 2.75) is 19.8 Å². The fourth-order valence-corrected chi connectivity index (χ4v) is 5.16. The number of nitro benzene ring substituents is 1. The molecule has 4 atom stereocenters. The number of fused-ring (bicyclic) bond motifs is 1. The van der Waals surface area contributed by atoms with Crippen molar-refractivity contribution in [2.75, 3.05) is 16.3 Å². The molecule has 2 fully saturated rings. The Balaban J connectivity index is 1.28. The standard InChI is InChI=1S/C26H23N3O7/c1-15-4-2-7-21-23(15)25(32)28(24(21)31)19-5-3-6-20(13-19)36-26(33)16-12-22(30)27(14-16)17-8-10-18(11-9-17)29(34)35/h2-6,8-11,13,15-16,21,23H,7,12,14H2,1H3/t15-,16-,21+,23+/m1/s1. The van der Waals surface area contributed by atoms with E-state index < -0.39 is 28.6 Å². The molecule has 0 unspecified atom stereocenters. The highest BCUT2D eigenvalue weighted by Gasteiger charge is 2.50. The summed E-state index contributed by atoms with van der Waals surface area (Å²) in [5.41, 5.74) is 0.701. The predicted octanol–water partition coefficient (Wildman–Crippen LogP) is 3.25. The maximum atomic E-state index is 13.1. The Morgan fingerprint density at radius 2 is 1.81 bits per heavy atom. The molecule has 3 amide bonds. The van der Waals surface area contributed by atoms with Crippen LogP contribution in [0.5, 0.6) is 5.75 Å². The van der Waals surface area contributed by atoms with Crippen molar-refractivity contribution in [3.05, 3.63) is 70.8 Å². The lowest BCUT2D eigenvalue weighted by atomic mass is 9.78. The van der Waals surface area contributed by atoms with E-state index in [2.05, 4.69) is 0 Å². The van der Waals surface area contributed by atoms with Crippen LogP contribution in [0.2, 0.25) is 0 Å². The largest absolute Gasteiger partial charge is 0.426 e. The quantitative estimate of drug-likeness (QED) is 0.158. The van der Waals surface area contributed by atoms with Crippen LogP contribution in [-0.4, -0.2) is 35.2 Å². The van der Waals surface area contributed by atoms with Gasteiger partial charge in [-0.25, -0.2) is 4.90 Å². The summed E-state index contributed by atoms with van der Waals surface area (Å²) in [4.78, 5) is 64.3. The Morgan fingerprint density at radius 1 is 1.06 bits per heavy atom. The van der Waals surface area contributed by atoms with Crippen molar-refractivity contribution in [3.8, 4) is 5.75 Å². The zero-order valence-corrected chi connectivity index (χ0v) is 19.4. The molecule has 0 N–H and O–H groups in total. The summed E-state index contributed by atoms with van der Waals surface area (Å²) < 4.78 is 5.52. The SMILES string of the molecule is C[C@@H]1C=CC[C@@H]2C(=O)N(c3cccc(OC(=O)[C@@H]4CC(=O)N(c5ccc([N+](=O)[O-])cc5)C4)c3)C(=O)[C@@H]12. The van der Waals surface area contributed by atoms with Crippen LogP contribution in [0.15, 0.2) is 60.7 Å². The number of hydrogen-bond acceptors (Lipinski definition) is 7. The van der Waals surface area contributed by atoms with Gasteiger partial charge in [0.05, 0.1) is 28.4 Å². The van der Waals surface area contributed by atoms with Gasteiger partial charge >= 0.3 is 5.97 Å². The van der Waals surface area contributed by atoms with E-state index in [9.17, 15) is 29.3 Å². The van der Waals surface area contributed by atoms with Crippen LogP contribution in [0.3, 0.4) is 0 Å². The van der Waals surface area contributed by atoms with Gasteiger partial charge in [-0.15, -0.1) is 0 Å². The topological polar surface area (TPSA) is 127 Å². The number of benzene rings is 2. The third-order valence-corrected chi connectivity index (χ3v) is 7.00. The van der Waals surface area contributed by atoms with E-state index in [0.717, 1.165) is 0 Å². The molecule has 0 saturated carbocycles. The molecule has 0 spiro atoms. The first kappa shape index (κ1) is 23.4. The Morgan fingerprint density at radius 3 is 2.50 bits per heavy atom. The van der Waals surface area contributed by atoms with Gasteiger partial charge in [0.2, 0.25) is 17.7 Å². The first-order valence-corrected chi connectivity index (χ1v) is 11.7. The second-order valence-corrected chi connectivity index (χ2v) is 9.26. The molecular formula is C26H23N3O7. The first-order valence-electron chi connectivity index (χ1n) is 11.7. The van der Waals surface area contributed by atoms with Gasteiger partial charge in [0, 0.05) is 36.9 Å². The lowest BCUT2D eigenvalue weighted by molar-refractivity contribution is -0.384. The summed E-state index contributed by atoms with van der Waals surface area (Å²) in [5, 5.41) is 10.9. The number of allylic oxidation sites excluding steroid dienone is 2. The third kappa shape index (κ3) is 4.04. The average molecular weight is 489 g/mol. The smallest absolute Gasteiger partial charge is 0.316 e. The minimum absolute atomic E-state index is 0.0372. The summed E-state index contributed by atoms with van der Waals surface area (Å²) >= 11 is 0. The number of nitrogens with zero attached hydrogens (tertiary/aromatic N) is 3. The fraction of sp³-hybridized carbons (Fsp3) is 0.308. The molecule has 10 nitrogen and oxygen atoms in total. The number of anilines is 2. The van der Waals surface area contributed by atoms with Crippen LogP contribution in [0.1, 0.15) is 19.8 Å². The number of esters is 1. The number of nitro groups is 1. The number of ether oxygens (including phenoxy) is 1. The van der Waals surface area contributed by atoms with Gasteiger partial charge in [0.25, 0.3) is 5.69 Å². The molecule has 2 heterocycles. The maximum absolute atomic E-state index is 13.1. The van der Waals surface area contributed by atoms with Crippen molar-refractivity contribution in [1.29, 1.82) is 0 Å². The molecule has 0 bridgehead atoms. The van der Waals surface area contributed by atoms with Gasteiger partial charge in [-0.3, -0.25) is 29.3 Å². The molecule has 5 rings (SSSR count). The van der Waals surface area contributed by atoms with Crippen molar-refractivity contribution >= 4 is 40.8 Å². The number of carbonyl (C=O) groups excluding carboxylic acids is 4. The number of non-ortho nitro benzene ring substituents is 1. The highest BCUT2D eigenvalue weighted by atomic mass is 16.6. The molecule has 184 valence electrons. The lowest BCUT2D eigenvalue weighted by Crippen LogP contribution is -2.31. The fourth-order valence-electron chi connectivity index (χ4n) is 5.16. The number of amides is 3. The molecule has 0 radical (unpaired) electrons. The molecule has 2 saturated heterocycles. The van der Waals surface area contributed by atoms with E-state index in [4.69, 9.17) is 4.74 Å². The highest BCUT2D eigenvalue weighted by Crippen LogP contribution is 2.41. The summed E-state index contributed by atoms with van der Waals surface area (Å²) in [6, 6.07) is 11.8. The van der Waals surface area contributed by atoms with Gasteiger partial charge in [-0.05, 0) is 36.6 Å². The van der Waals surface area contributed by atoms with E-state index in [-0.39, 0.29) is 48.0 Å². The maximum Gasteiger partial charge on any atom is 0.316 e. The average Bonchev–Trinajstić information content (AvgIpc) is 3.37. The van der Waals surface area contributed by atoms with Gasteiger partial charge in [0.15, 0.2) is 0 Å². The number of carbonyl (C=O) groups is 4. The van der Waals surface area contributed by atoms with Crippen LogP contribution >= 0.6 is 0 Å². The Bertz CT molecular complexity index is 1300. The van der Waals surface area contributed by atoms with Gasteiger partial charge in [-0.1, -0.05) is 25.1 Å². The van der Waals surface area contributed by atoms with Crippen LogP contribution in [0.4, 0.5) is 17.1 Å². The molecule has 10 heteroatoms. The summed E-state index contributed by atoms with van der Waals surface area (Å²) in [6.45, 7) is 2.00. The third-order valence-electron chi connectivity index (χ3n) is 7.00. The summed E-state index contributed by atoms with van der Waals surface area (Å²) in [5.74, 6) is -2.82. The molecule has 2 aromatic rings. The van der Waals surface area contributed by atoms with Crippen LogP contribution in [-0.2, 0) is 19.2 Å². The molecule has 2 aromatic carbocycles. The van der Waals surface area contributed by atoms with Gasteiger partial charge < -0.3 is 9.64 Å². The summed E-state index contributed by atoms with van der Waals surface area (Å²) in [7, 11) is 0. The monoisotopic (exact) mass is 489 g/mol. The van der Waals surface area contributed by atoms with E-state index >= 15 is 0 Å². The molecule has 3 aliphatic rings. The van der Waals surface area contributed by atoms with Gasteiger partial charge in [-0.2, -0.15) is 0 Å². The van der Waals surface area contributed by atoms with E-state index in [1.54, 1.807) is 18.2 Å². The van der Waals surface area contributed by atoms with Crippen molar-refractivity contribution < 1.29 is 28.8 Å². The normalized spacial score (nSPS) is 25.3. The molecule has 2 aliphatic heterocycles. The van der Waals surface area contributed by atoms with Crippen LogP contribution in [0.25, 0.3) is 0 Å². The first-order chi connectivity index (χ1) is 17.2. The molecule has 1 aliphatic carbocycles. The molecule has 0 aromatic heterocycles. The van der Waals surface area contributed by atoms with E-state index in [1.165, 1.54) is 40.1 Å². The van der Waals surface area contributed by atoms with Crippen LogP contribution in [0, 0.1) is 33.8 Å². The molecule has 36 heavy (non-hydrogen) atoms. The van der Waals surface area contributed by atoms with E-state index in [1.807, 2.05) is 19.1 Å². The highest BCUT2D eigenvalue weighted by molar-refractivity contribution is 6.22. The Hall–Kier alpha value is -4.34.